The normalized spacial score (nSPS) is 17.1. The minimum atomic E-state index is -3.33. The minimum absolute atomic E-state index is 0.460. The molecule has 1 N–H and O–H groups in total. The van der Waals surface area contributed by atoms with Crippen molar-refractivity contribution in [2.45, 2.75) is 17.6 Å². The lowest BCUT2D eigenvalue weighted by atomic mass is 10.1. The van der Waals surface area contributed by atoms with Gasteiger partial charge in [-0.05, 0) is 37.1 Å². The Hall–Kier alpha value is -1.67. The van der Waals surface area contributed by atoms with Crippen LogP contribution in [-0.4, -0.2) is 55.3 Å². The molecule has 26 heavy (non-hydrogen) atoms. The van der Waals surface area contributed by atoms with Crippen LogP contribution in [-0.2, 0) is 16.4 Å². The Bertz CT molecular complexity index is 999. The number of benzene rings is 1. The third-order valence-electron chi connectivity index (χ3n) is 5.01. The van der Waals surface area contributed by atoms with E-state index < -0.39 is 10.0 Å². The Morgan fingerprint density at radius 1 is 1.08 bits per heavy atom. The van der Waals surface area contributed by atoms with E-state index in [2.05, 4.69) is 34.3 Å². The Morgan fingerprint density at radius 2 is 1.85 bits per heavy atom. The van der Waals surface area contributed by atoms with Gasteiger partial charge in [0.05, 0.1) is 0 Å². The number of thiophene rings is 1. The van der Waals surface area contributed by atoms with Crippen molar-refractivity contribution in [2.24, 2.45) is 0 Å². The molecule has 1 saturated heterocycles. The van der Waals surface area contributed by atoms with Crippen molar-refractivity contribution in [3.8, 4) is 0 Å². The first-order chi connectivity index (χ1) is 12.5. The Labute approximate surface area is 158 Å². The SMILES string of the molecule is Cc1ccc(S(=O)(=O)N2CCN(CCc3c[nH]c4ccccc34)CC2)s1. The fourth-order valence-corrected chi connectivity index (χ4v) is 6.35. The molecular weight excluding hydrogens is 366 g/mol. The Kier molecular flexibility index (Phi) is 4.88. The van der Waals surface area contributed by atoms with Gasteiger partial charge in [-0.3, -0.25) is 0 Å². The van der Waals surface area contributed by atoms with Gasteiger partial charge in [0.25, 0.3) is 10.0 Å². The maximum absolute atomic E-state index is 12.7. The van der Waals surface area contributed by atoms with Crippen LogP contribution in [0.3, 0.4) is 0 Å². The van der Waals surface area contributed by atoms with Gasteiger partial charge in [-0.25, -0.2) is 8.42 Å². The zero-order valence-electron chi connectivity index (χ0n) is 14.8. The van der Waals surface area contributed by atoms with Crippen LogP contribution in [0.4, 0.5) is 0 Å². The summed E-state index contributed by atoms with van der Waals surface area (Å²) in [6, 6.07) is 11.9. The lowest BCUT2D eigenvalue weighted by molar-refractivity contribution is 0.190. The summed E-state index contributed by atoms with van der Waals surface area (Å²) in [6.07, 6.45) is 3.06. The van der Waals surface area contributed by atoms with Crippen molar-refractivity contribution in [3.63, 3.8) is 0 Å². The van der Waals surface area contributed by atoms with E-state index in [4.69, 9.17) is 0 Å². The minimum Gasteiger partial charge on any atom is -0.361 e. The second kappa shape index (κ2) is 7.15. The van der Waals surface area contributed by atoms with Crippen molar-refractivity contribution < 1.29 is 8.42 Å². The van der Waals surface area contributed by atoms with Gasteiger partial charge in [-0.1, -0.05) is 18.2 Å². The summed E-state index contributed by atoms with van der Waals surface area (Å²) in [4.78, 5) is 6.70. The molecule has 5 nitrogen and oxygen atoms in total. The molecule has 7 heteroatoms. The van der Waals surface area contributed by atoms with E-state index in [1.165, 1.54) is 27.8 Å². The highest BCUT2D eigenvalue weighted by Crippen LogP contribution is 2.25. The van der Waals surface area contributed by atoms with Crippen LogP contribution in [0.5, 0.6) is 0 Å². The molecule has 138 valence electrons. The molecule has 0 saturated carbocycles. The molecule has 3 aromatic rings. The maximum Gasteiger partial charge on any atom is 0.252 e. The Morgan fingerprint density at radius 3 is 2.58 bits per heavy atom. The van der Waals surface area contributed by atoms with Crippen LogP contribution in [0.2, 0.25) is 0 Å². The largest absolute Gasteiger partial charge is 0.361 e. The molecule has 0 bridgehead atoms. The highest BCUT2D eigenvalue weighted by molar-refractivity contribution is 7.91. The third-order valence-corrected chi connectivity index (χ3v) is 8.38. The first kappa shape index (κ1) is 17.7. The highest BCUT2D eigenvalue weighted by Gasteiger charge is 2.29. The number of sulfonamides is 1. The van der Waals surface area contributed by atoms with Gasteiger partial charge < -0.3 is 9.88 Å². The molecule has 0 unspecified atom stereocenters. The van der Waals surface area contributed by atoms with Crippen LogP contribution in [0, 0.1) is 6.92 Å². The number of aromatic nitrogens is 1. The number of para-hydroxylation sites is 1. The zero-order valence-corrected chi connectivity index (χ0v) is 16.4. The van der Waals surface area contributed by atoms with Crippen LogP contribution >= 0.6 is 11.3 Å². The van der Waals surface area contributed by atoms with Gasteiger partial charge in [-0.15, -0.1) is 11.3 Å². The molecule has 1 aliphatic heterocycles. The van der Waals surface area contributed by atoms with Crippen LogP contribution in [0.25, 0.3) is 10.9 Å². The quantitative estimate of drug-likeness (QED) is 0.730. The van der Waals surface area contributed by atoms with Gasteiger partial charge in [0.1, 0.15) is 4.21 Å². The number of piperazine rings is 1. The summed E-state index contributed by atoms with van der Waals surface area (Å²) < 4.78 is 27.5. The van der Waals surface area contributed by atoms with E-state index in [-0.39, 0.29) is 0 Å². The first-order valence-electron chi connectivity index (χ1n) is 8.88. The monoisotopic (exact) mass is 389 g/mol. The number of aryl methyl sites for hydroxylation is 1. The number of H-pyrrole nitrogens is 1. The van der Waals surface area contributed by atoms with Crippen LogP contribution < -0.4 is 0 Å². The van der Waals surface area contributed by atoms with Crippen molar-refractivity contribution in [2.75, 3.05) is 32.7 Å². The topological polar surface area (TPSA) is 56.4 Å². The van der Waals surface area contributed by atoms with E-state index in [0.29, 0.717) is 17.3 Å². The number of hydrogen-bond donors (Lipinski definition) is 1. The summed E-state index contributed by atoms with van der Waals surface area (Å²) in [5, 5.41) is 1.28. The number of hydrogen-bond acceptors (Lipinski definition) is 4. The molecule has 0 spiro atoms. The summed E-state index contributed by atoms with van der Waals surface area (Å²) >= 11 is 1.35. The third kappa shape index (κ3) is 3.44. The van der Waals surface area contributed by atoms with Gasteiger partial charge in [0.2, 0.25) is 0 Å². The predicted octanol–water partition coefficient (Wildman–Crippen LogP) is 3.09. The molecule has 3 heterocycles. The summed E-state index contributed by atoms with van der Waals surface area (Å²) in [5.41, 5.74) is 2.49. The Balaban J connectivity index is 1.35. The highest BCUT2D eigenvalue weighted by atomic mass is 32.2. The van der Waals surface area contributed by atoms with Crippen LogP contribution in [0.15, 0.2) is 46.8 Å². The molecule has 1 aliphatic rings. The second-order valence-corrected chi connectivity index (χ2v) is 10.2. The van der Waals surface area contributed by atoms with Crippen molar-refractivity contribution >= 4 is 32.3 Å². The van der Waals surface area contributed by atoms with Gasteiger partial charge in [0, 0.05) is 54.7 Å². The molecule has 1 aromatic carbocycles. The van der Waals surface area contributed by atoms with E-state index in [0.717, 1.165) is 30.9 Å². The second-order valence-electron chi connectivity index (χ2n) is 6.72. The fourth-order valence-electron chi connectivity index (χ4n) is 3.49. The molecule has 0 atom stereocenters. The fraction of sp³-hybridized carbons (Fsp3) is 0.368. The smallest absolute Gasteiger partial charge is 0.252 e. The van der Waals surface area contributed by atoms with Crippen molar-refractivity contribution in [1.29, 1.82) is 0 Å². The molecule has 0 aliphatic carbocycles. The number of nitrogens with zero attached hydrogens (tertiary/aromatic N) is 2. The van der Waals surface area contributed by atoms with E-state index in [1.807, 2.05) is 19.1 Å². The predicted molar refractivity (Wildman–Crippen MR) is 106 cm³/mol. The van der Waals surface area contributed by atoms with E-state index >= 15 is 0 Å². The van der Waals surface area contributed by atoms with Crippen LogP contribution in [0.1, 0.15) is 10.4 Å². The van der Waals surface area contributed by atoms with E-state index in [9.17, 15) is 8.42 Å². The molecule has 1 fully saturated rings. The molecule has 2 aromatic heterocycles. The average molecular weight is 390 g/mol. The number of nitrogens with one attached hydrogen (secondary N) is 1. The van der Waals surface area contributed by atoms with Gasteiger partial charge in [0.15, 0.2) is 0 Å². The maximum atomic E-state index is 12.7. The zero-order chi connectivity index (χ0) is 18.1. The van der Waals surface area contributed by atoms with Gasteiger partial charge in [-0.2, -0.15) is 4.31 Å². The van der Waals surface area contributed by atoms with Gasteiger partial charge >= 0.3 is 0 Å². The molecule has 0 amide bonds. The lowest BCUT2D eigenvalue weighted by Crippen LogP contribution is -2.48. The summed E-state index contributed by atoms with van der Waals surface area (Å²) in [5.74, 6) is 0. The summed E-state index contributed by atoms with van der Waals surface area (Å²) in [6.45, 7) is 5.58. The summed E-state index contributed by atoms with van der Waals surface area (Å²) in [7, 11) is -3.33. The average Bonchev–Trinajstić information content (AvgIpc) is 3.27. The molecule has 0 radical (unpaired) electrons. The lowest BCUT2D eigenvalue weighted by Gasteiger charge is -2.33. The number of rotatable bonds is 5. The standard InChI is InChI=1S/C19H23N3O2S2/c1-15-6-7-19(25-15)26(23,24)22-12-10-21(11-13-22)9-8-16-14-20-18-5-3-2-4-17(16)18/h2-7,14,20H,8-13H2,1H3. The van der Waals surface area contributed by atoms with Crippen molar-refractivity contribution in [3.05, 3.63) is 53.0 Å². The van der Waals surface area contributed by atoms with Crippen molar-refractivity contribution in [1.82, 2.24) is 14.2 Å². The molecule has 4 rings (SSSR count). The molecular formula is C19H23N3O2S2. The first-order valence-corrected chi connectivity index (χ1v) is 11.1. The number of aromatic amines is 1. The number of fused-ring (bicyclic) bond motifs is 1. The van der Waals surface area contributed by atoms with E-state index in [1.54, 1.807) is 10.4 Å².